The van der Waals surface area contributed by atoms with Crippen molar-refractivity contribution in [2.24, 2.45) is 0 Å². The molecule has 2 aromatic carbocycles. The highest BCUT2D eigenvalue weighted by Crippen LogP contribution is 2.33. The number of rotatable bonds is 5. The van der Waals surface area contributed by atoms with Crippen molar-refractivity contribution in [2.75, 3.05) is 11.9 Å². The van der Waals surface area contributed by atoms with Crippen LogP contribution in [0.3, 0.4) is 0 Å². The Hall–Kier alpha value is -3.05. The third kappa shape index (κ3) is 4.77. The lowest BCUT2D eigenvalue weighted by Crippen LogP contribution is -2.17. The van der Waals surface area contributed by atoms with Crippen LogP contribution in [-0.4, -0.2) is 17.7 Å². The molecule has 1 heterocycles. The molecular formula is C21H19ClN2O3. The highest BCUT2D eigenvalue weighted by molar-refractivity contribution is 6.31. The maximum absolute atomic E-state index is 12.1. The van der Waals surface area contributed by atoms with Crippen LogP contribution in [0.1, 0.15) is 12.5 Å². The van der Waals surface area contributed by atoms with Gasteiger partial charge in [-0.1, -0.05) is 23.7 Å². The zero-order valence-electron chi connectivity index (χ0n) is 15.0. The average Bonchev–Trinajstić information content (AvgIpc) is 2.66. The molecule has 0 unspecified atom stereocenters. The predicted octanol–water partition coefficient (Wildman–Crippen LogP) is 5.72. The molecule has 0 fully saturated rings. The van der Waals surface area contributed by atoms with Crippen LogP contribution >= 0.6 is 11.6 Å². The molecule has 0 spiro atoms. The van der Waals surface area contributed by atoms with Crippen molar-refractivity contribution in [3.8, 4) is 22.6 Å². The second kappa shape index (κ2) is 8.56. The largest absolute Gasteiger partial charge is 0.493 e. The van der Waals surface area contributed by atoms with Crippen molar-refractivity contribution in [3.63, 3.8) is 0 Å². The first-order chi connectivity index (χ1) is 13.1. The van der Waals surface area contributed by atoms with E-state index < -0.39 is 6.09 Å². The van der Waals surface area contributed by atoms with Gasteiger partial charge in [-0.2, -0.15) is 0 Å². The van der Waals surface area contributed by atoms with Gasteiger partial charge in [-0.15, -0.1) is 0 Å². The molecule has 0 aliphatic carbocycles. The molecule has 138 valence electrons. The van der Waals surface area contributed by atoms with E-state index in [4.69, 9.17) is 21.1 Å². The molecule has 1 aromatic heterocycles. The van der Waals surface area contributed by atoms with Gasteiger partial charge in [0.25, 0.3) is 0 Å². The van der Waals surface area contributed by atoms with Crippen LogP contribution in [0.5, 0.6) is 11.5 Å². The fourth-order valence-electron chi connectivity index (χ4n) is 2.56. The zero-order valence-corrected chi connectivity index (χ0v) is 15.8. The topological polar surface area (TPSA) is 60.5 Å². The van der Waals surface area contributed by atoms with Gasteiger partial charge in [-0.3, -0.25) is 10.3 Å². The number of aromatic nitrogens is 1. The molecule has 0 saturated heterocycles. The maximum atomic E-state index is 12.1. The Balaban J connectivity index is 1.73. The summed E-state index contributed by atoms with van der Waals surface area (Å²) in [4.78, 5) is 16.1. The van der Waals surface area contributed by atoms with E-state index in [2.05, 4.69) is 10.3 Å². The van der Waals surface area contributed by atoms with E-state index in [0.717, 1.165) is 22.4 Å². The number of aryl methyl sites for hydroxylation is 1. The summed E-state index contributed by atoms with van der Waals surface area (Å²) >= 11 is 6.12. The normalized spacial score (nSPS) is 10.3. The summed E-state index contributed by atoms with van der Waals surface area (Å²) in [7, 11) is 0. The lowest BCUT2D eigenvalue weighted by atomic mass is 10.0. The smallest absolute Gasteiger partial charge is 0.417 e. The standard InChI is InChI=1S/C21H19ClN2O3/c1-3-26-20-9-6-16(22)12-18(20)15-4-7-17(8-5-15)24-21(25)27-19-10-11-23-13-14(19)2/h4-13H,3H2,1-2H3,(H,24,25). The monoisotopic (exact) mass is 382 g/mol. The number of carbonyl (C=O) groups excluding carboxylic acids is 1. The predicted molar refractivity (Wildman–Crippen MR) is 107 cm³/mol. The number of pyridine rings is 1. The van der Waals surface area contributed by atoms with Crippen molar-refractivity contribution in [3.05, 3.63) is 71.5 Å². The molecule has 0 aliphatic heterocycles. The first-order valence-electron chi connectivity index (χ1n) is 8.49. The van der Waals surface area contributed by atoms with Gasteiger partial charge in [0, 0.05) is 34.2 Å². The van der Waals surface area contributed by atoms with Crippen LogP contribution in [0, 0.1) is 6.92 Å². The molecule has 5 nitrogen and oxygen atoms in total. The van der Waals surface area contributed by atoms with E-state index in [-0.39, 0.29) is 0 Å². The Morgan fingerprint density at radius 1 is 1.11 bits per heavy atom. The number of ether oxygens (including phenoxy) is 2. The van der Waals surface area contributed by atoms with Crippen LogP contribution < -0.4 is 14.8 Å². The Morgan fingerprint density at radius 2 is 1.89 bits per heavy atom. The van der Waals surface area contributed by atoms with Gasteiger partial charge in [-0.25, -0.2) is 4.79 Å². The summed E-state index contributed by atoms with van der Waals surface area (Å²) < 4.78 is 11.0. The van der Waals surface area contributed by atoms with Gasteiger partial charge < -0.3 is 9.47 Å². The fraction of sp³-hybridized carbons (Fsp3) is 0.143. The summed E-state index contributed by atoms with van der Waals surface area (Å²) in [6, 6.07) is 14.5. The number of halogens is 1. The maximum Gasteiger partial charge on any atom is 0.417 e. The van der Waals surface area contributed by atoms with Crippen molar-refractivity contribution in [1.29, 1.82) is 0 Å². The molecule has 1 N–H and O–H groups in total. The second-order valence-corrected chi connectivity index (χ2v) is 6.24. The van der Waals surface area contributed by atoms with Gasteiger partial charge in [0.05, 0.1) is 6.61 Å². The molecule has 0 atom stereocenters. The highest BCUT2D eigenvalue weighted by atomic mass is 35.5. The Morgan fingerprint density at radius 3 is 2.59 bits per heavy atom. The fourth-order valence-corrected chi connectivity index (χ4v) is 2.73. The van der Waals surface area contributed by atoms with Crippen LogP contribution in [-0.2, 0) is 0 Å². The quantitative estimate of drug-likeness (QED) is 0.613. The molecule has 0 bridgehead atoms. The molecule has 0 saturated carbocycles. The van der Waals surface area contributed by atoms with Crippen molar-refractivity contribution < 1.29 is 14.3 Å². The lowest BCUT2D eigenvalue weighted by molar-refractivity contribution is 0.215. The summed E-state index contributed by atoms with van der Waals surface area (Å²) in [5.41, 5.74) is 3.23. The molecule has 0 aliphatic rings. The molecule has 6 heteroatoms. The number of amides is 1. The zero-order chi connectivity index (χ0) is 19.2. The van der Waals surface area contributed by atoms with E-state index in [1.165, 1.54) is 0 Å². The van der Waals surface area contributed by atoms with E-state index in [1.807, 2.05) is 38.1 Å². The van der Waals surface area contributed by atoms with Crippen LogP contribution in [0.15, 0.2) is 60.9 Å². The number of nitrogens with zero attached hydrogens (tertiary/aromatic N) is 1. The molecular weight excluding hydrogens is 364 g/mol. The Bertz CT molecular complexity index is 942. The molecule has 27 heavy (non-hydrogen) atoms. The SMILES string of the molecule is CCOc1ccc(Cl)cc1-c1ccc(NC(=O)Oc2ccncc2C)cc1. The number of anilines is 1. The van der Waals surface area contributed by atoms with Crippen molar-refractivity contribution in [2.45, 2.75) is 13.8 Å². The Labute approximate surface area is 162 Å². The highest BCUT2D eigenvalue weighted by Gasteiger charge is 2.10. The molecule has 3 rings (SSSR count). The molecule has 0 radical (unpaired) electrons. The van der Waals surface area contributed by atoms with E-state index in [0.29, 0.717) is 23.1 Å². The van der Waals surface area contributed by atoms with E-state index in [1.54, 1.807) is 36.7 Å². The summed E-state index contributed by atoms with van der Waals surface area (Å²) in [6.07, 6.45) is 2.65. The van der Waals surface area contributed by atoms with Crippen molar-refractivity contribution >= 4 is 23.4 Å². The molecule has 3 aromatic rings. The van der Waals surface area contributed by atoms with Gasteiger partial charge in [0.2, 0.25) is 0 Å². The van der Waals surface area contributed by atoms with Gasteiger partial charge in [-0.05, 0) is 55.8 Å². The van der Waals surface area contributed by atoms with Gasteiger partial charge >= 0.3 is 6.09 Å². The Kier molecular flexibility index (Phi) is 5.94. The van der Waals surface area contributed by atoms with Gasteiger partial charge in [0.15, 0.2) is 0 Å². The summed E-state index contributed by atoms with van der Waals surface area (Å²) in [5, 5.41) is 3.34. The average molecular weight is 383 g/mol. The van der Waals surface area contributed by atoms with E-state index >= 15 is 0 Å². The summed E-state index contributed by atoms with van der Waals surface area (Å²) in [5.74, 6) is 1.23. The first kappa shape index (κ1) is 18.7. The van der Waals surface area contributed by atoms with Crippen molar-refractivity contribution in [1.82, 2.24) is 4.98 Å². The number of hydrogen-bond acceptors (Lipinski definition) is 4. The van der Waals surface area contributed by atoms with Gasteiger partial charge in [0.1, 0.15) is 11.5 Å². The van der Waals surface area contributed by atoms with Crippen LogP contribution in [0.25, 0.3) is 11.1 Å². The third-order valence-corrected chi connectivity index (χ3v) is 4.09. The minimum atomic E-state index is -0.560. The minimum absolute atomic E-state index is 0.472. The summed E-state index contributed by atoms with van der Waals surface area (Å²) in [6.45, 7) is 4.32. The lowest BCUT2D eigenvalue weighted by Gasteiger charge is -2.12. The first-order valence-corrected chi connectivity index (χ1v) is 8.87. The van der Waals surface area contributed by atoms with Crippen LogP contribution in [0.4, 0.5) is 10.5 Å². The number of hydrogen-bond donors (Lipinski definition) is 1. The number of benzene rings is 2. The van der Waals surface area contributed by atoms with E-state index in [9.17, 15) is 4.79 Å². The second-order valence-electron chi connectivity index (χ2n) is 5.81. The third-order valence-electron chi connectivity index (χ3n) is 3.86. The number of carbonyl (C=O) groups is 1. The minimum Gasteiger partial charge on any atom is -0.493 e. The van der Waals surface area contributed by atoms with Crippen LogP contribution in [0.2, 0.25) is 5.02 Å². The number of nitrogens with one attached hydrogen (secondary N) is 1. The molecule has 1 amide bonds.